The summed E-state index contributed by atoms with van der Waals surface area (Å²) in [6.07, 6.45) is 8.70. The molecule has 0 radical (unpaired) electrons. The molecule has 2 nitrogen and oxygen atoms in total. The molecule has 1 atom stereocenters. The van der Waals surface area contributed by atoms with Crippen LogP contribution in [0.15, 0.2) is 22.8 Å². The Morgan fingerprint density at radius 3 is 2.53 bits per heavy atom. The van der Waals surface area contributed by atoms with Crippen LogP contribution in [0.2, 0.25) is 0 Å². The van der Waals surface area contributed by atoms with Gasteiger partial charge in [-0.1, -0.05) is 0 Å². The summed E-state index contributed by atoms with van der Waals surface area (Å²) < 4.78 is 5.39. The maximum Gasteiger partial charge on any atom is 0.105 e. The van der Waals surface area contributed by atoms with Gasteiger partial charge in [0.2, 0.25) is 0 Å². The van der Waals surface area contributed by atoms with Crippen molar-refractivity contribution in [3.05, 3.63) is 24.2 Å². The van der Waals surface area contributed by atoms with Gasteiger partial charge in [0, 0.05) is 12.5 Å². The van der Waals surface area contributed by atoms with Crippen LogP contribution in [0.25, 0.3) is 0 Å². The van der Waals surface area contributed by atoms with Crippen molar-refractivity contribution >= 4 is 0 Å². The lowest BCUT2D eigenvalue weighted by molar-refractivity contribution is 0.352. The molecule has 1 N–H and O–H groups in total. The largest absolute Gasteiger partial charge is 0.469 e. The molecule has 0 bridgehead atoms. The number of nitrogens with one attached hydrogen (secondary N) is 1. The van der Waals surface area contributed by atoms with Crippen molar-refractivity contribution in [3.63, 3.8) is 0 Å². The standard InChI is InChI=1S/C15H23NO/c1-11(9-14-3-2-8-17-14)16-10-15(12-4-5-12)13-6-7-13/h2-3,8,11-13,15-16H,4-7,9-10H2,1H3. The van der Waals surface area contributed by atoms with Crippen LogP contribution in [-0.4, -0.2) is 12.6 Å². The van der Waals surface area contributed by atoms with Gasteiger partial charge < -0.3 is 9.73 Å². The van der Waals surface area contributed by atoms with E-state index in [0.717, 1.165) is 29.9 Å². The van der Waals surface area contributed by atoms with E-state index in [1.165, 1.54) is 32.2 Å². The van der Waals surface area contributed by atoms with Crippen molar-refractivity contribution in [1.29, 1.82) is 0 Å². The van der Waals surface area contributed by atoms with E-state index < -0.39 is 0 Å². The molecular formula is C15H23NO. The Labute approximate surface area is 104 Å². The zero-order valence-corrected chi connectivity index (χ0v) is 10.7. The molecule has 1 unspecified atom stereocenters. The molecule has 0 amide bonds. The molecule has 2 heteroatoms. The molecule has 2 saturated carbocycles. The molecule has 0 saturated heterocycles. The van der Waals surface area contributed by atoms with Gasteiger partial charge in [-0.05, 0) is 69.0 Å². The van der Waals surface area contributed by atoms with Crippen molar-refractivity contribution in [2.45, 2.75) is 45.1 Å². The summed E-state index contributed by atoms with van der Waals surface area (Å²) in [7, 11) is 0. The monoisotopic (exact) mass is 233 g/mol. The Morgan fingerprint density at radius 1 is 1.29 bits per heavy atom. The van der Waals surface area contributed by atoms with Crippen LogP contribution in [0.4, 0.5) is 0 Å². The first-order valence-corrected chi connectivity index (χ1v) is 7.08. The lowest BCUT2D eigenvalue weighted by Gasteiger charge is -2.19. The fourth-order valence-corrected chi connectivity index (χ4v) is 2.91. The Kier molecular flexibility index (Phi) is 3.24. The van der Waals surface area contributed by atoms with Crippen LogP contribution >= 0.6 is 0 Å². The van der Waals surface area contributed by atoms with Gasteiger partial charge in [-0.15, -0.1) is 0 Å². The Morgan fingerprint density at radius 2 is 2.00 bits per heavy atom. The second kappa shape index (κ2) is 4.85. The second-order valence-electron chi connectivity index (χ2n) is 5.93. The van der Waals surface area contributed by atoms with Crippen molar-refractivity contribution in [2.24, 2.45) is 17.8 Å². The average molecular weight is 233 g/mol. The highest BCUT2D eigenvalue weighted by molar-refractivity contribution is 5.00. The molecule has 0 spiro atoms. The van der Waals surface area contributed by atoms with E-state index in [0.29, 0.717) is 6.04 Å². The van der Waals surface area contributed by atoms with Gasteiger partial charge in [-0.25, -0.2) is 0 Å². The van der Waals surface area contributed by atoms with E-state index in [2.05, 4.69) is 18.3 Å². The minimum absolute atomic E-state index is 0.529. The van der Waals surface area contributed by atoms with Gasteiger partial charge in [0.15, 0.2) is 0 Å². The SMILES string of the molecule is CC(Cc1ccco1)NCC(C1CC1)C1CC1. The lowest BCUT2D eigenvalue weighted by atomic mass is 9.97. The van der Waals surface area contributed by atoms with Crippen molar-refractivity contribution in [3.8, 4) is 0 Å². The molecule has 0 aliphatic heterocycles. The summed E-state index contributed by atoms with van der Waals surface area (Å²) in [6.45, 7) is 3.48. The first-order chi connectivity index (χ1) is 8.33. The van der Waals surface area contributed by atoms with Gasteiger partial charge in [0.05, 0.1) is 6.26 Å². The molecule has 1 aromatic heterocycles. The topological polar surface area (TPSA) is 25.2 Å². The fourth-order valence-electron chi connectivity index (χ4n) is 2.91. The van der Waals surface area contributed by atoms with Crippen LogP contribution in [0.5, 0.6) is 0 Å². The first-order valence-electron chi connectivity index (χ1n) is 7.08. The number of rotatable bonds is 7. The zero-order valence-electron chi connectivity index (χ0n) is 10.7. The van der Waals surface area contributed by atoms with Gasteiger partial charge in [0.1, 0.15) is 5.76 Å². The Bertz CT molecular complexity index is 326. The van der Waals surface area contributed by atoms with E-state index in [9.17, 15) is 0 Å². The first kappa shape index (κ1) is 11.3. The fraction of sp³-hybridized carbons (Fsp3) is 0.733. The molecule has 94 valence electrons. The van der Waals surface area contributed by atoms with Crippen molar-refractivity contribution in [2.75, 3.05) is 6.54 Å². The van der Waals surface area contributed by atoms with E-state index in [1.807, 2.05) is 6.07 Å². The molecule has 3 rings (SSSR count). The number of hydrogen-bond acceptors (Lipinski definition) is 2. The predicted molar refractivity (Wildman–Crippen MR) is 68.8 cm³/mol. The summed E-state index contributed by atoms with van der Waals surface area (Å²) in [5, 5.41) is 3.70. The maximum atomic E-state index is 5.39. The van der Waals surface area contributed by atoms with Gasteiger partial charge in [-0.3, -0.25) is 0 Å². The highest BCUT2D eigenvalue weighted by Crippen LogP contribution is 2.48. The van der Waals surface area contributed by atoms with E-state index >= 15 is 0 Å². The van der Waals surface area contributed by atoms with Crippen molar-refractivity contribution < 1.29 is 4.42 Å². The summed E-state index contributed by atoms with van der Waals surface area (Å²) >= 11 is 0. The molecule has 1 aromatic rings. The summed E-state index contributed by atoms with van der Waals surface area (Å²) in [4.78, 5) is 0. The second-order valence-corrected chi connectivity index (χ2v) is 5.93. The van der Waals surface area contributed by atoms with Crippen LogP contribution < -0.4 is 5.32 Å². The molecule has 1 heterocycles. The molecular weight excluding hydrogens is 210 g/mol. The van der Waals surface area contributed by atoms with Gasteiger partial charge in [0.25, 0.3) is 0 Å². The maximum absolute atomic E-state index is 5.39. The average Bonchev–Trinajstić information content (AvgIpc) is 3.22. The third-order valence-electron chi connectivity index (χ3n) is 4.24. The van der Waals surface area contributed by atoms with Crippen LogP contribution in [-0.2, 0) is 6.42 Å². The van der Waals surface area contributed by atoms with E-state index in [1.54, 1.807) is 6.26 Å². The van der Waals surface area contributed by atoms with Gasteiger partial charge >= 0.3 is 0 Å². The third kappa shape index (κ3) is 3.12. The lowest BCUT2D eigenvalue weighted by Crippen LogP contribution is -2.34. The Hall–Kier alpha value is -0.760. The quantitative estimate of drug-likeness (QED) is 0.782. The minimum atomic E-state index is 0.529. The molecule has 17 heavy (non-hydrogen) atoms. The summed E-state index contributed by atoms with van der Waals surface area (Å²) in [5.41, 5.74) is 0. The predicted octanol–water partition coefficient (Wildman–Crippen LogP) is 3.24. The summed E-state index contributed by atoms with van der Waals surface area (Å²) in [5.74, 6) is 4.16. The highest BCUT2D eigenvalue weighted by Gasteiger charge is 2.40. The Balaban J connectivity index is 1.43. The molecule has 0 aromatic carbocycles. The van der Waals surface area contributed by atoms with Crippen molar-refractivity contribution in [1.82, 2.24) is 5.32 Å². The van der Waals surface area contributed by atoms with Crippen LogP contribution in [0.3, 0.4) is 0 Å². The third-order valence-corrected chi connectivity index (χ3v) is 4.24. The van der Waals surface area contributed by atoms with Crippen LogP contribution in [0.1, 0.15) is 38.4 Å². The summed E-state index contributed by atoms with van der Waals surface area (Å²) in [6, 6.07) is 4.57. The van der Waals surface area contributed by atoms with Crippen LogP contribution in [0, 0.1) is 17.8 Å². The molecule has 2 fully saturated rings. The minimum Gasteiger partial charge on any atom is -0.469 e. The normalized spacial score (nSPS) is 22.0. The molecule has 2 aliphatic carbocycles. The zero-order chi connectivity index (χ0) is 11.7. The van der Waals surface area contributed by atoms with E-state index in [-0.39, 0.29) is 0 Å². The smallest absolute Gasteiger partial charge is 0.105 e. The van der Waals surface area contributed by atoms with E-state index in [4.69, 9.17) is 4.42 Å². The molecule has 2 aliphatic rings. The van der Waals surface area contributed by atoms with Gasteiger partial charge in [-0.2, -0.15) is 0 Å². The number of hydrogen-bond donors (Lipinski definition) is 1. The highest BCUT2D eigenvalue weighted by atomic mass is 16.3. The number of furan rings is 1.